The predicted molar refractivity (Wildman–Crippen MR) is 106 cm³/mol. The van der Waals surface area contributed by atoms with Gasteiger partial charge in [0.15, 0.2) is 17.4 Å². The van der Waals surface area contributed by atoms with Crippen LogP contribution in [0.15, 0.2) is 30.6 Å². The zero-order valence-corrected chi connectivity index (χ0v) is 16.2. The van der Waals surface area contributed by atoms with Crippen molar-refractivity contribution in [3.8, 4) is 17.1 Å². The third kappa shape index (κ3) is 6.42. The van der Waals surface area contributed by atoms with Crippen LogP contribution < -0.4 is 4.74 Å². The maximum absolute atomic E-state index is 14.4. The molecule has 0 unspecified atom stereocenters. The summed E-state index contributed by atoms with van der Waals surface area (Å²) in [7, 11) is 0. The lowest BCUT2D eigenvalue weighted by Crippen LogP contribution is -2.02. The average Bonchev–Trinajstić information content (AvgIpc) is 2.68. The van der Waals surface area contributed by atoms with Crippen LogP contribution in [0, 0.1) is 11.6 Å². The van der Waals surface area contributed by atoms with Crippen molar-refractivity contribution in [1.82, 2.24) is 9.97 Å². The molecule has 0 atom stereocenters. The molecule has 0 amide bonds. The molecule has 2 aromatic rings. The number of hydrogen-bond donors (Lipinski definition) is 0. The van der Waals surface area contributed by atoms with Gasteiger partial charge in [0.25, 0.3) is 0 Å². The molecule has 0 N–H and O–H groups in total. The fourth-order valence-corrected chi connectivity index (χ4v) is 2.81. The molecule has 0 aliphatic rings. The number of benzene rings is 1. The van der Waals surface area contributed by atoms with Crippen molar-refractivity contribution in [2.24, 2.45) is 0 Å². The molecule has 0 spiro atoms. The molecule has 1 heterocycles. The molecule has 0 radical (unpaired) electrons. The molecule has 146 valence electrons. The van der Waals surface area contributed by atoms with Crippen LogP contribution in [0.2, 0.25) is 0 Å². The summed E-state index contributed by atoms with van der Waals surface area (Å²) in [5.41, 5.74) is 0.833. The normalized spacial score (nSPS) is 11.3. The summed E-state index contributed by atoms with van der Waals surface area (Å²) in [5, 5.41) is 0. The molecule has 0 aliphatic carbocycles. The molecule has 1 aromatic carbocycles. The number of aromatic nitrogens is 2. The molecular weight excluding hydrogens is 346 g/mol. The van der Waals surface area contributed by atoms with E-state index in [4.69, 9.17) is 4.74 Å². The van der Waals surface area contributed by atoms with Crippen molar-refractivity contribution < 1.29 is 13.5 Å². The van der Waals surface area contributed by atoms with Crippen LogP contribution in [0.25, 0.3) is 17.5 Å². The van der Waals surface area contributed by atoms with Gasteiger partial charge in [-0.25, -0.2) is 14.4 Å². The smallest absolute Gasteiger partial charge is 0.201 e. The molecular formula is C22H28F2N2O. The summed E-state index contributed by atoms with van der Waals surface area (Å²) in [6.07, 6.45) is 14.9. The molecule has 3 nitrogen and oxygen atoms in total. The Morgan fingerprint density at radius 3 is 2.26 bits per heavy atom. The maximum Gasteiger partial charge on any atom is 0.201 e. The Labute approximate surface area is 160 Å². The van der Waals surface area contributed by atoms with Gasteiger partial charge in [0.1, 0.15) is 0 Å². The van der Waals surface area contributed by atoms with Crippen molar-refractivity contribution in [1.29, 1.82) is 0 Å². The minimum atomic E-state index is -0.989. The molecule has 0 saturated carbocycles. The second-order valence-electron chi connectivity index (χ2n) is 6.55. The molecule has 0 fully saturated rings. The monoisotopic (exact) mass is 374 g/mol. The molecule has 0 bridgehead atoms. The number of hydrogen-bond acceptors (Lipinski definition) is 3. The van der Waals surface area contributed by atoms with Crippen LogP contribution in [0.1, 0.15) is 64.4 Å². The van der Waals surface area contributed by atoms with E-state index >= 15 is 0 Å². The van der Waals surface area contributed by atoms with Crippen LogP contribution >= 0.6 is 0 Å². The van der Waals surface area contributed by atoms with Crippen molar-refractivity contribution >= 4 is 6.08 Å². The van der Waals surface area contributed by atoms with E-state index in [1.165, 1.54) is 37.8 Å². The third-order valence-corrected chi connectivity index (χ3v) is 4.32. The second-order valence-corrected chi connectivity index (χ2v) is 6.55. The second kappa shape index (κ2) is 11.4. The van der Waals surface area contributed by atoms with Crippen LogP contribution in [-0.4, -0.2) is 16.6 Å². The van der Waals surface area contributed by atoms with Gasteiger partial charge < -0.3 is 4.74 Å². The Kier molecular flexibility index (Phi) is 8.89. The van der Waals surface area contributed by atoms with Gasteiger partial charge in [0.05, 0.1) is 12.2 Å². The SMILES string of the molecule is C/C=C/c1cnc(-c2ccc(OCCCCCCCCC)c(F)c2F)nc1. The van der Waals surface area contributed by atoms with Gasteiger partial charge in [-0.05, 0) is 25.5 Å². The highest BCUT2D eigenvalue weighted by molar-refractivity contribution is 5.58. The maximum atomic E-state index is 14.4. The highest BCUT2D eigenvalue weighted by Gasteiger charge is 2.17. The summed E-state index contributed by atoms with van der Waals surface area (Å²) >= 11 is 0. The van der Waals surface area contributed by atoms with E-state index in [-0.39, 0.29) is 17.1 Å². The summed E-state index contributed by atoms with van der Waals surface area (Å²) in [4.78, 5) is 8.21. The standard InChI is InChI=1S/C22H28F2N2O/c1-3-5-6-7-8-9-10-14-27-19-13-12-18(20(23)21(19)24)22-25-15-17(11-4-2)16-26-22/h4,11-13,15-16H,3,5-10,14H2,1-2H3/b11-4+. The Hall–Kier alpha value is -2.30. The largest absolute Gasteiger partial charge is 0.490 e. The number of ether oxygens (including phenoxy) is 1. The van der Waals surface area contributed by atoms with Gasteiger partial charge in [-0.15, -0.1) is 0 Å². The van der Waals surface area contributed by atoms with E-state index in [2.05, 4.69) is 16.9 Å². The Morgan fingerprint density at radius 1 is 0.926 bits per heavy atom. The van der Waals surface area contributed by atoms with Gasteiger partial charge in [-0.3, -0.25) is 0 Å². The number of halogens is 2. The van der Waals surface area contributed by atoms with Crippen LogP contribution in [-0.2, 0) is 0 Å². The summed E-state index contributed by atoms with van der Waals surface area (Å²) in [6.45, 7) is 4.46. The van der Waals surface area contributed by atoms with E-state index < -0.39 is 11.6 Å². The average molecular weight is 374 g/mol. The zero-order valence-electron chi connectivity index (χ0n) is 16.2. The minimum absolute atomic E-state index is 0.0304. The Bertz CT molecular complexity index is 730. The van der Waals surface area contributed by atoms with E-state index in [1.54, 1.807) is 12.4 Å². The summed E-state index contributed by atoms with van der Waals surface area (Å²) < 4.78 is 34.1. The molecule has 1 aromatic heterocycles. The number of nitrogens with zero attached hydrogens (tertiary/aromatic N) is 2. The van der Waals surface area contributed by atoms with E-state index in [9.17, 15) is 8.78 Å². The Balaban J connectivity index is 1.90. The number of allylic oxidation sites excluding steroid dienone is 1. The van der Waals surface area contributed by atoms with E-state index in [1.807, 2.05) is 19.1 Å². The van der Waals surface area contributed by atoms with Crippen LogP contribution in [0.4, 0.5) is 8.78 Å². The van der Waals surface area contributed by atoms with Crippen LogP contribution in [0.3, 0.4) is 0 Å². The first-order valence-corrected chi connectivity index (χ1v) is 9.73. The van der Waals surface area contributed by atoms with Crippen LogP contribution in [0.5, 0.6) is 5.75 Å². The van der Waals surface area contributed by atoms with Crippen molar-refractivity contribution in [3.63, 3.8) is 0 Å². The summed E-state index contributed by atoms with van der Waals surface area (Å²) in [5.74, 6) is -1.88. The van der Waals surface area contributed by atoms with E-state index in [0.717, 1.165) is 24.8 Å². The van der Waals surface area contributed by atoms with Gasteiger partial charge >= 0.3 is 0 Å². The third-order valence-electron chi connectivity index (χ3n) is 4.32. The predicted octanol–water partition coefficient (Wildman–Crippen LogP) is 6.58. The van der Waals surface area contributed by atoms with Gasteiger partial charge in [0.2, 0.25) is 5.82 Å². The highest BCUT2D eigenvalue weighted by Crippen LogP contribution is 2.28. The van der Waals surface area contributed by atoms with Crippen molar-refractivity contribution in [2.75, 3.05) is 6.61 Å². The zero-order chi connectivity index (χ0) is 19.5. The minimum Gasteiger partial charge on any atom is -0.490 e. The van der Waals surface area contributed by atoms with Gasteiger partial charge in [-0.1, -0.05) is 57.6 Å². The highest BCUT2D eigenvalue weighted by atomic mass is 19.2. The summed E-state index contributed by atoms with van der Waals surface area (Å²) in [6, 6.07) is 2.90. The lowest BCUT2D eigenvalue weighted by atomic mass is 10.1. The number of unbranched alkanes of at least 4 members (excludes halogenated alkanes) is 6. The fourth-order valence-electron chi connectivity index (χ4n) is 2.81. The topological polar surface area (TPSA) is 35.0 Å². The lowest BCUT2D eigenvalue weighted by Gasteiger charge is -2.10. The number of rotatable bonds is 11. The molecule has 27 heavy (non-hydrogen) atoms. The lowest BCUT2D eigenvalue weighted by molar-refractivity contribution is 0.285. The fraction of sp³-hybridized carbons (Fsp3) is 0.455. The molecule has 0 aliphatic heterocycles. The molecule has 5 heteroatoms. The quantitative estimate of drug-likeness (QED) is 0.416. The first kappa shape index (κ1) is 21.0. The first-order chi connectivity index (χ1) is 13.2. The molecule has 0 saturated heterocycles. The van der Waals surface area contributed by atoms with Crippen molar-refractivity contribution in [2.45, 2.75) is 58.8 Å². The molecule has 2 rings (SSSR count). The first-order valence-electron chi connectivity index (χ1n) is 9.73. The van der Waals surface area contributed by atoms with E-state index in [0.29, 0.717) is 6.61 Å². The van der Waals surface area contributed by atoms with Gasteiger partial charge in [0, 0.05) is 18.0 Å². The van der Waals surface area contributed by atoms with Gasteiger partial charge in [-0.2, -0.15) is 4.39 Å². The Morgan fingerprint density at radius 2 is 1.59 bits per heavy atom. The van der Waals surface area contributed by atoms with Crippen molar-refractivity contribution in [3.05, 3.63) is 47.8 Å².